The molecule has 1 atom stereocenters. The fourth-order valence-corrected chi connectivity index (χ4v) is 1.27. The van der Waals surface area contributed by atoms with Crippen molar-refractivity contribution in [3.05, 3.63) is 35.9 Å². The molecular formula is C10H12BrNO. The lowest BCUT2D eigenvalue weighted by molar-refractivity contribution is -0.119. The molecule has 13 heavy (non-hydrogen) atoms. The van der Waals surface area contributed by atoms with Crippen LogP contribution in [-0.4, -0.2) is 11.2 Å². The summed E-state index contributed by atoms with van der Waals surface area (Å²) in [4.78, 5) is 11.0. The molecule has 0 aliphatic rings. The fourth-order valence-electron chi connectivity index (χ4n) is 1.11. The largest absolute Gasteiger partial charge is 0.349 e. The van der Waals surface area contributed by atoms with Crippen LogP contribution in [0.2, 0.25) is 0 Å². The third-order valence-electron chi connectivity index (χ3n) is 1.80. The molecule has 70 valence electrons. The molecule has 1 aromatic rings. The number of amides is 1. The first kappa shape index (κ1) is 10.3. The van der Waals surface area contributed by atoms with E-state index in [-0.39, 0.29) is 11.9 Å². The molecule has 0 saturated heterocycles. The minimum absolute atomic E-state index is 0.0105. The van der Waals surface area contributed by atoms with Gasteiger partial charge >= 0.3 is 0 Å². The number of hydrogen-bond acceptors (Lipinski definition) is 1. The molecule has 0 aromatic heterocycles. The highest BCUT2D eigenvalue weighted by Crippen LogP contribution is 2.10. The van der Waals surface area contributed by atoms with Gasteiger partial charge in [-0.25, -0.2) is 0 Å². The Kier molecular flexibility index (Phi) is 3.96. The van der Waals surface area contributed by atoms with Crippen molar-refractivity contribution in [2.75, 3.05) is 5.33 Å². The van der Waals surface area contributed by atoms with Crippen LogP contribution in [0.5, 0.6) is 0 Å². The maximum atomic E-state index is 11.0. The molecule has 0 unspecified atom stereocenters. The first-order valence-electron chi connectivity index (χ1n) is 4.14. The van der Waals surface area contributed by atoms with Crippen LogP contribution >= 0.6 is 15.9 Å². The van der Waals surface area contributed by atoms with E-state index in [4.69, 9.17) is 0 Å². The Morgan fingerprint density at radius 2 is 2.08 bits per heavy atom. The number of alkyl halides is 1. The van der Waals surface area contributed by atoms with Crippen LogP contribution in [0.3, 0.4) is 0 Å². The van der Waals surface area contributed by atoms with Crippen LogP contribution < -0.4 is 5.32 Å². The summed E-state index contributed by atoms with van der Waals surface area (Å²) in [7, 11) is 0. The molecule has 2 nitrogen and oxygen atoms in total. The number of hydrogen-bond donors (Lipinski definition) is 1. The van der Waals surface area contributed by atoms with E-state index in [1.807, 2.05) is 37.3 Å². The lowest BCUT2D eigenvalue weighted by Gasteiger charge is -2.12. The number of halogens is 1. The lowest BCUT2D eigenvalue weighted by Crippen LogP contribution is -2.27. The average molecular weight is 242 g/mol. The third kappa shape index (κ3) is 3.19. The highest BCUT2D eigenvalue weighted by atomic mass is 79.9. The van der Waals surface area contributed by atoms with Crippen molar-refractivity contribution in [3.8, 4) is 0 Å². The number of benzene rings is 1. The second-order valence-electron chi connectivity index (χ2n) is 2.83. The molecule has 0 aliphatic heterocycles. The van der Waals surface area contributed by atoms with Crippen LogP contribution in [0.1, 0.15) is 18.5 Å². The minimum Gasteiger partial charge on any atom is -0.349 e. The summed E-state index contributed by atoms with van der Waals surface area (Å²) in [5.74, 6) is 0.0105. The van der Waals surface area contributed by atoms with Gasteiger partial charge in [-0.05, 0) is 12.5 Å². The molecule has 0 spiro atoms. The van der Waals surface area contributed by atoms with Gasteiger partial charge in [-0.2, -0.15) is 0 Å². The van der Waals surface area contributed by atoms with E-state index in [1.165, 1.54) is 0 Å². The SMILES string of the molecule is C[C@@H](NC(=O)CBr)c1ccccc1. The van der Waals surface area contributed by atoms with Gasteiger partial charge in [-0.3, -0.25) is 4.79 Å². The predicted octanol–water partition coefficient (Wildman–Crippen LogP) is 2.26. The molecule has 1 rings (SSSR count). The third-order valence-corrected chi connectivity index (χ3v) is 2.31. The first-order chi connectivity index (χ1) is 6.24. The zero-order valence-electron chi connectivity index (χ0n) is 7.46. The van der Waals surface area contributed by atoms with Gasteiger partial charge in [0, 0.05) is 0 Å². The summed E-state index contributed by atoms with van der Waals surface area (Å²) in [6, 6.07) is 9.96. The predicted molar refractivity (Wildman–Crippen MR) is 56.8 cm³/mol. The van der Waals surface area contributed by atoms with Gasteiger partial charge < -0.3 is 5.32 Å². The van der Waals surface area contributed by atoms with Crippen LogP contribution in [0.15, 0.2) is 30.3 Å². The van der Waals surface area contributed by atoms with E-state index in [0.717, 1.165) is 5.56 Å². The highest BCUT2D eigenvalue weighted by molar-refractivity contribution is 9.09. The molecule has 0 fully saturated rings. The summed E-state index contributed by atoms with van der Waals surface area (Å²) in [5.41, 5.74) is 1.12. The Hall–Kier alpha value is -0.830. The Bertz CT molecular complexity index is 274. The molecule has 1 aromatic carbocycles. The fraction of sp³-hybridized carbons (Fsp3) is 0.300. The normalized spacial score (nSPS) is 12.2. The zero-order chi connectivity index (χ0) is 9.68. The van der Waals surface area contributed by atoms with E-state index in [1.54, 1.807) is 0 Å². The van der Waals surface area contributed by atoms with Crippen LogP contribution in [0.25, 0.3) is 0 Å². The molecular weight excluding hydrogens is 230 g/mol. The Morgan fingerprint density at radius 3 is 2.62 bits per heavy atom. The molecule has 3 heteroatoms. The monoisotopic (exact) mass is 241 g/mol. The van der Waals surface area contributed by atoms with Gasteiger partial charge in [0.2, 0.25) is 5.91 Å². The topological polar surface area (TPSA) is 29.1 Å². The number of nitrogens with one attached hydrogen (secondary N) is 1. The van der Waals surface area contributed by atoms with E-state index in [0.29, 0.717) is 5.33 Å². The van der Waals surface area contributed by atoms with E-state index in [2.05, 4.69) is 21.2 Å². The summed E-state index contributed by atoms with van der Waals surface area (Å²) in [6.45, 7) is 1.97. The number of carbonyl (C=O) groups is 1. The molecule has 1 N–H and O–H groups in total. The number of rotatable bonds is 3. The van der Waals surface area contributed by atoms with Gasteiger partial charge in [0.05, 0.1) is 11.4 Å². The van der Waals surface area contributed by atoms with Crippen molar-refractivity contribution >= 4 is 21.8 Å². The summed E-state index contributed by atoms with van der Waals surface area (Å²) in [6.07, 6.45) is 0. The van der Waals surface area contributed by atoms with E-state index >= 15 is 0 Å². The number of carbonyl (C=O) groups excluding carboxylic acids is 1. The Balaban J connectivity index is 2.59. The van der Waals surface area contributed by atoms with Gasteiger partial charge in [0.25, 0.3) is 0 Å². The van der Waals surface area contributed by atoms with Crippen LogP contribution in [-0.2, 0) is 4.79 Å². The maximum Gasteiger partial charge on any atom is 0.231 e. The molecule has 0 aliphatic carbocycles. The smallest absolute Gasteiger partial charge is 0.231 e. The second kappa shape index (κ2) is 5.02. The molecule has 0 saturated carbocycles. The van der Waals surface area contributed by atoms with Crippen molar-refractivity contribution in [2.24, 2.45) is 0 Å². The molecule has 0 bridgehead atoms. The zero-order valence-corrected chi connectivity index (χ0v) is 9.04. The first-order valence-corrected chi connectivity index (χ1v) is 5.26. The highest BCUT2D eigenvalue weighted by Gasteiger charge is 2.06. The molecule has 0 heterocycles. The minimum atomic E-state index is 0.0105. The molecule has 1 amide bonds. The van der Waals surface area contributed by atoms with Crippen molar-refractivity contribution < 1.29 is 4.79 Å². The second-order valence-corrected chi connectivity index (χ2v) is 3.39. The van der Waals surface area contributed by atoms with Crippen LogP contribution in [0, 0.1) is 0 Å². The van der Waals surface area contributed by atoms with Crippen molar-refractivity contribution in [1.29, 1.82) is 0 Å². The van der Waals surface area contributed by atoms with E-state index < -0.39 is 0 Å². The van der Waals surface area contributed by atoms with Gasteiger partial charge in [-0.1, -0.05) is 46.3 Å². The van der Waals surface area contributed by atoms with Crippen molar-refractivity contribution in [2.45, 2.75) is 13.0 Å². The maximum absolute atomic E-state index is 11.0. The van der Waals surface area contributed by atoms with E-state index in [9.17, 15) is 4.79 Å². The standard InChI is InChI=1S/C10H12BrNO/c1-8(12-10(13)7-11)9-5-3-2-4-6-9/h2-6,8H,7H2,1H3,(H,12,13)/t8-/m1/s1. The summed E-state index contributed by atoms with van der Waals surface area (Å²) < 4.78 is 0. The van der Waals surface area contributed by atoms with Gasteiger partial charge in [0.15, 0.2) is 0 Å². The quantitative estimate of drug-likeness (QED) is 0.809. The Morgan fingerprint density at radius 1 is 1.46 bits per heavy atom. The van der Waals surface area contributed by atoms with Crippen molar-refractivity contribution in [1.82, 2.24) is 5.32 Å². The van der Waals surface area contributed by atoms with Gasteiger partial charge in [0.1, 0.15) is 0 Å². The van der Waals surface area contributed by atoms with Gasteiger partial charge in [-0.15, -0.1) is 0 Å². The summed E-state index contributed by atoms with van der Waals surface area (Å²) >= 11 is 3.10. The summed E-state index contributed by atoms with van der Waals surface area (Å²) in [5, 5.41) is 3.21. The molecule has 0 radical (unpaired) electrons. The Labute approximate surface area is 86.5 Å². The van der Waals surface area contributed by atoms with Crippen LogP contribution in [0.4, 0.5) is 0 Å². The lowest BCUT2D eigenvalue weighted by atomic mass is 10.1. The van der Waals surface area contributed by atoms with Crippen molar-refractivity contribution in [3.63, 3.8) is 0 Å². The average Bonchev–Trinajstić information content (AvgIpc) is 2.19.